The predicted octanol–water partition coefficient (Wildman–Crippen LogP) is 16.6. The molecule has 440 valence electrons. The summed E-state index contributed by atoms with van der Waals surface area (Å²) in [5.74, 6) is -0.144. The molecule has 1 aliphatic heterocycles. The first-order valence-corrected chi connectivity index (χ1v) is 31.8. The maximum absolute atomic E-state index is 13.1. The smallest absolute Gasteiger partial charge is 0.220 e. The molecule has 7 unspecified atom stereocenters. The fraction of sp³-hybridized carbons (Fsp3) is 0.776. The van der Waals surface area contributed by atoms with Crippen LogP contribution in [0.25, 0.3) is 0 Å². The topological polar surface area (TPSA) is 149 Å². The van der Waals surface area contributed by atoms with Crippen molar-refractivity contribution in [3.8, 4) is 0 Å². The van der Waals surface area contributed by atoms with Crippen LogP contribution in [0.1, 0.15) is 277 Å². The van der Waals surface area contributed by atoms with Crippen molar-refractivity contribution >= 4 is 5.91 Å². The van der Waals surface area contributed by atoms with Crippen LogP contribution < -0.4 is 5.32 Å². The molecule has 0 saturated carbocycles. The lowest BCUT2D eigenvalue weighted by molar-refractivity contribution is -0.302. The van der Waals surface area contributed by atoms with E-state index < -0.39 is 49.5 Å². The Labute approximate surface area is 467 Å². The van der Waals surface area contributed by atoms with Crippen molar-refractivity contribution < 1.29 is 39.8 Å². The van der Waals surface area contributed by atoms with E-state index in [4.69, 9.17) is 9.47 Å². The lowest BCUT2D eigenvalue weighted by atomic mass is 9.99. The highest BCUT2D eigenvalue weighted by Gasteiger charge is 2.44. The normalized spacial score (nSPS) is 19.4. The Balaban J connectivity index is 2.03. The number of aliphatic hydroxyl groups is 5. The first-order valence-electron chi connectivity index (χ1n) is 31.8. The lowest BCUT2D eigenvalue weighted by Gasteiger charge is -2.40. The second-order valence-corrected chi connectivity index (χ2v) is 21.8. The number of carbonyl (C=O) groups excluding carboxylic acids is 1. The fourth-order valence-corrected chi connectivity index (χ4v) is 9.79. The third-order valence-corrected chi connectivity index (χ3v) is 14.8. The van der Waals surface area contributed by atoms with Gasteiger partial charge in [-0.15, -0.1) is 0 Å². The number of nitrogens with one attached hydrogen (secondary N) is 1. The molecule has 0 radical (unpaired) electrons. The molecule has 0 aromatic rings. The van der Waals surface area contributed by atoms with Crippen LogP contribution in [0.5, 0.6) is 0 Å². The number of amides is 1. The molecule has 1 fully saturated rings. The van der Waals surface area contributed by atoms with Crippen LogP contribution >= 0.6 is 0 Å². The van der Waals surface area contributed by atoms with E-state index in [0.717, 1.165) is 83.5 Å². The largest absolute Gasteiger partial charge is 0.394 e. The van der Waals surface area contributed by atoms with Gasteiger partial charge >= 0.3 is 0 Å². The molecule has 1 aliphatic rings. The second-order valence-electron chi connectivity index (χ2n) is 21.8. The minimum atomic E-state index is -1.55. The lowest BCUT2D eigenvalue weighted by Crippen LogP contribution is -2.60. The molecule has 1 saturated heterocycles. The van der Waals surface area contributed by atoms with Crippen LogP contribution in [-0.4, -0.2) is 87.5 Å². The van der Waals surface area contributed by atoms with Crippen LogP contribution in [0, 0.1) is 0 Å². The minimum Gasteiger partial charge on any atom is -0.394 e. The van der Waals surface area contributed by atoms with Crippen LogP contribution in [0.3, 0.4) is 0 Å². The fourth-order valence-electron chi connectivity index (χ4n) is 9.79. The molecule has 6 N–H and O–H groups in total. The zero-order chi connectivity index (χ0) is 55.0. The molecule has 0 aromatic carbocycles. The summed E-state index contributed by atoms with van der Waals surface area (Å²) >= 11 is 0. The van der Waals surface area contributed by atoms with Gasteiger partial charge in [-0.2, -0.15) is 0 Å². The average molecular weight is 1070 g/mol. The Bertz CT molecular complexity index is 1470. The van der Waals surface area contributed by atoms with Gasteiger partial charge in [-0.1, -0.05) is 285 Å². The van der Waals surface area contributed by atoms with Crippen LogP contribution in [0.4, 0.5) is 0 Å². The molecule has 0 aliphatic carbocycles. The average Bonchev–Trinajstić information content (AvgIpc) is 3.42. The van der Waals surface area contributed by atoms with E-state index in [-0.39, 0.29) is 12.5 Å². The van der Waals surface area contributed by atoms with Gasteiger partial charge in [0.25, 0.3) is 0 Å². The Morgan fingerprint density at radius 1 is 0.461 bits per heavy atom. The van der Waals surface area contributed by atoms with Crippen molar-refractivity contribution in [2.75, 3.05) is 13.2 Å². The van der Waals surface area contributed by atoms with E-state index in [9.17, 15) is 30.3 Å². The molecule has 0 aromatic heterocycles. The first-order chi connectivity index (χ1) is 37.3. The highest BCUT2D eigenvalue weighted by atomic mass is 16.7. The Kier molecular flexibility index (Phi) is 52.3. The van der Waals surface area contributed by atoms with Crippen molar-refractivity contribution in [3.63, 3.8) is 0 Å². The van der Waals surface area contributed by atoms with Crippen LogP contribution in [-0.2, 0) is 14.3 Å². The van der Waals surface area contributed by atoms with E-state index in [1.54, 1.807) is 0 Å². The van der Waals surface area contributed by atoms with Gasteiger partial charge in [-0.05, 0) is 70.6 Å². The molecular formula is C67H119NO8. The van der Waals surface area contributed by atoms with E-state index in [0.29, 0.717) is 12.8 Å². The molecule has 7 atom stereocenters. The Morgan fingerprint density at radius 3 is 1.21 bits per heavy atom. The summed E-state index contributed by atoms with van der Waals surface area (Å²) in [5, 5.41) is 54.6. The highest BCUT2D eigenvalue weighted by Crippen LogP contribution is 2.23. The van der Waals surface area contributed by atoms with Gasteiger partial charge in [-0.3, -0.25) is 4.79 Å². The summed E-state index contributed by atoms with van der Waals surface area (Å²) in [4.78, 5) is 13.1. The summed E-state index contributed by atoms with van der Waals surface area (Å²) in [7, 11) is 0. The molecule has 0 bridgehead atoms. The second kappa shape index (κ2) is 55.7. The minimum absolute atomic E-state index is 0.137. The van der Waals surface area contributed by atoms with E-state index >= 15 is 0 Å². The molecule has 1 rings (SSSR count). The molecule has 76 heavy (non-hydrogen) atoms. The Morgan fingerprint density at radius 2 is 0.816 bits per heavy atom. The first kappa shape index (κ1) is 71.4. The molecule has 0 spiro atoms. The van der Waals surface area contributed by atoms with Crippen molar-refractivity contribution in [2.24, 2.45) is 0 Å². The maximum atomic E-state index is 13.1. The number of hydrogen-bond acceptors (Lipinski definition) is 8. The zero-order valence-corrected chi connectivity index (χ0v) is 49.0. The van der Waals surface area contributed by atoms with Gasteiger partial charge in [0.2, 0.25) is 5.91 Å². The van der Waals surface area contributed by atoms with E-state index in [2.05, 4.69) is 104 Å². The maximum Gasteiger partial charge on any atom is 0.220 e. The summed E-state index contributed by atoms with van der Waals surface area (Å²) in [5.41, 5.74) is 0. The van der Waals surface area contributed by atoms with E-state index in [1.165, 1.54) is 167 Å². The number of aliphatic hydroxyl groups excluding tert-OH is 5. The number of hydrogen-bond donors (Lipinski definition) is 6. The molecule has 1 amide bonds. The van der Waals surface area contributed by atoms with Gasteiger partial charge in [-0.25, -0.2) is 0 Å². The van der Waals surface area contributed by atoms with Gasteiger partial charge in [0.1, 0.15) is 24.4 Å². The number of unbranched alkanes of at least 4 members (excludes halogenated alkanes) is 30. The summed E-state index contributed by atoms with van der Waals surface area (Å²) in [6, 6.07) is -0.719. The number of rotatable bonds is 54. The number of allylic oxidation sites excluding steroid dienone is 14. The van der Waals surface area contributed by atoms with Gasteiger partial charge in [0, 0.05) is 6.42 Å². The van der Waals surface area contributed by atoms with Crippen LogP contribution in [0.15, 0.2) is 85.1 Å². The molecule has 9 heteroatoms. The monoisotopic (exact) mass is 1070 g/mol. The van der Waals surface area contributed by atoms with Crippen molar-refractivity contribution in [3.05, 3.63) is 85.1 Å². The summed E-state index contributed by atoms with van der Waals surface area (Å²) in [6.07, 6.45) is 72.2. The van der Waals surface area contributed by atoms with E-state index in [1.807, 2.05) is 0 Å². The van der Waals surface area contributed by atoms with Crippen molar-refractivity contribution in [1.29, 1.82) is 0 Å². The third kappa shape index (κ3) is 44.2. The Hall–Kier alpha value is -2.63. The van der Waals surface area contributed by atoms with Crippen molar-refractivity contribution in [2.45, 2.75) is 320 Å². The summed E-state index contributed by atoms with van der Waals surface area (Å²) < 4.78 is 11.3. The van der Waals surface area contributed by atoms with Gasteiger partial charge in [0.05, 0.1) is 25.4 Å². The number of ether oxygens (including phenoxy) is 2. The third-order valence-electron chi connectivity index (χ3n) is 14.8. The molecule has 9 nitrogen and oxygen atoms in total. The van der Waals surface area contributed by atoms with Gasteiger partial charge in [0.15, 0.2) is 6.29 Å². The molecule has 1 heterocycles. The van der Waals surface area contributed by atoms with Gasteiger partial charge < -0.3 is 40.3 Å². The van der Waals surface area contributed by atoms with Crippen LogP contribution in [0.2, 0.25) is 0 Å². The number of carbonyl (C=O) groups is 1. The molecular weight excluding hydrogens is 947 g/mol. The predicted molar refractivity (Wildman–Crippen MR) is 322 cm³/mol. The standard InChI is InChI=1S/C67H119NO8/c1-3-5-7-9-11-13-15-17-18-19-20-21-22-23-24-25-26-27-28-29-30-31-32-33-34-35-36-37-38-39-40-41-42-43-44-45-47-49-51-53-55-57-63(71)68-60(59-75-67-66(74)65(73)64(72)62(58-69)76-67)61(70)56-54-52-50-48-46-16-14-12-10-8-6-4-2/h5,7,11,13,17-18,20-21,23-24,26-27,29-30,60-62,64-67,69-70,72-74H,3-4,6,8-10,12,14-16,19,22,25,28,31-59H2,1-2H3,(H,68,71)/b7-5-,13-11-,18-17-,21-20-,24-23-,27-26-,30-29-. The SMILES string of the molecule is CC/C=C\C/C=C\C/C=C\C/C=C\C/C=C\C/C=C\C/C=C\CCCCCCCCCCCCCCCCCCCCCC(=O)NC(COC1OC(CO)C(O)C(O)C1O)C(O)CCCCCCCCCCCCCC. The quantitative estimate of drug-likeness (QED) is 0.0261. The zero-order valence-electron chi connectivity index (χ0n) is 49.0. The highest BCUT2D eigenvalue weighted by molar-refractivity contribution is 5.76. The van der Waals surface area contributed by atoms with Crippen molar-refractivity contribution in [1.82, 2.24) is 5.32 Å². The summed E-state index contributed by atoms with van der Waals surface area (Å²) in [6.45, 7) is 3.72.